The van der Waals surface area contributed by atoms with E-state index in [0.717, 1.165) is 67.4 Å². The lowest BCUT2D eigenvalue weighted by atomic mass is 9.83. The molecule has 2 aliphatic rings. The summed E-state index contributed by atoms with van der Waals surface area (Å²) in [6.45, 7) is 8.06. The van der Waals surface area contributed by atoms with E-state index in [0.29, 0.717) is 47.3 Å². The molecule has 4 amide bonds. The Hall–Kier alpha value is -4.87. The predicted molar refractivity (Wildman–Crippen MR) is 219 cm³/mol. The largest absolute Gasteiger partial charge is 0.332 e. The van der Waals surface area contributed by atoms with Gasteiger partial charge >= 0.3 is 12.1 Å². The van der Waals surface area contributed by atoms with Crippen molar-refractivity contribution in [2.75, 3.05) is 36.0 Å². The Bertz CT molecular complexity index is 2330. The van der Waals surface area contributed by atoms with Gasteiger partial charge in [-0.05, 0) is 122 Å². The van der Waals surface area contributed by atoms with Crippen molar-refractivity contribution in [3.8, 4) is 11.1 Å². The summed E-state index contributed by atoms with van der Waals surface area (Å²) in [6, 6.07) is 6.45. The van der Waals surface area contributed by atoms with Crippen LogP contribution in [0.3, 0.4) is 0 Å². The topological polar surface area (TPSA) is 184 Å². The average Bonchev–Trinajstić information content (AvgIpc) is 3.90. The number of carbonyl (C=O) groups excluding carboxylic acids is 2. The van der Waals surface area contributed by atoms with Gasteiger partial charge in [-0.15, -0.1) is 0 Å². The first kappa shape index (κ1) is 41.8. The van der Waals surface area contributed by atoms with Crippen LogP contribution in [0.4, 0.5) is 25.4 Å². The molecule has 2 atom stereocenters. The summed E-state index contributed by atoms with van der Waals surface area (Å²) in [4.78, 5) is 33.1. The van der Waals surface area contributed by atoms with Crippen molar-refractivity contribution in [1.29, 1.82) is 0 Å². The summed E-state index contributed by atoms with van der Waals surface area (Å²) in [5, 5.41) is 9.68. The molecule has 17 heteroatoms. The normalized spacial score (nSPS) is 15.6. The van der Waals surface area contributed by atoms with E-state index in [1.165, 1.54) is 23.0 Å². The maximum atomic E-state index is 15.6. The lowest BCUT2D eigenvalue weighted by Crippen LogP contribution is -2.37. The Morgan fingerprint density at radius 2 is 1.70 bits per heavy atom. The molecule has 0 saturated carbocycles. The molecule has 2 aromatic carbocycles. The SMILES string of the molecule is CCN(CC)CCCS(=O)(=O)NC(=O)Nc1c(-c2cccnc2)cc(F)cc1C(C)CC1CCc2cc3c(c(NC(=O)NS(=O)(=O)Cc4cnn(C)c4)c21)CCC3. The van der Waals surface area contributed by atoms with E-state index in [2.05, 4.69) is 41.1 Å². The molecule has 2 aliphatic carbocycles. The highest BCUT2D eigenvalue weighted by molar-refractivity contribution is 7.90. The molecule has 0 fully saturated rings. The summed E-state index contributed by atoms with van der Waals surface area (Å²) in [7, 11) is -6.35. The van der Waals surface area contributed by atoms with E-state index in [1.807, 2.05) is 20.8 Å². The molecule has 306 valence electrons. The molecule has 2 aromatic heterocycles. The quantitative estimate of drug-likeness (QED) is 0.103. The highest BCUT2D eigenvalue weighted by Gasteiger charge is 2.33. The number of aromatic nitrogens is 3. The Morgan fingerprint density at radius 3 is 2.39 bits per heavy atom. The third-order valence-corrected chi connectivity index (χ3v) is 13.4. The van der Waals surface area contributed by atoms with Crippen molar-refractivity contribution in [2.24, 2.45) is 7.05 Å². The average molecular weight is 823 g/mol. The molecule has 4 aromatic rings. The number of nitrogens with one attached hydrogen (secondary N) is 4. The fraction of sp³-hybridized carbons (Fsp3) is 0.450. The molecular weight excluding hydrogens is 772 g/mol. The summed E-state index contributed by atoms with van der Waals surface area (Å²) in [6.07, 6.45) is 10.9. The van der Waals surface area contributed by atoms with Crippen molar-refractivity contribution < 1.29 is 30.8 Å². The van der Waals surface area contributed by atoms with E-state index >= 15 is 4.39 Å². The van der Waals surface area contributed by atoms with Gasteiger partial charge in [0.05, 0.1) is 23.4 Å². The van der Waals surface area contributed by atoms with Crippen molar-refractivity contribution in [1.82, 2.24) is 29.1 Å². The van der Waals surface area contributed by atoms with Crippen molar-refractivity contribution in [2.45, 2.75) is 83.3 Å². The van der Waals surface area contributed by atoms with Gasteiger partial charge in [0.25, 0.3) is 0 Å². The first-order valence-electron chi connectivity index (χ1n) is 19.4. The zero-order valence-corrected chi connectivity index (χ0v) is 34.4. The van der Waals surface area contributed by atoms with Crippen molar-refractivity contribution >= 4 is 43.5 Å². The summed E-state index contributed by atoms with van der Waals surface area (Å²) in [5.41, 5.74) is 6.75. The zero-order valence-electron chi connectivity index (χ0n) is 32.8. The molecule has 0 radical (unpaired) electrons. The zero-order chi connectivity index (χ0) is 40.9. The molecule has 0 aliphatic heterocycles. The second-order valence-corrected chi connectivity index (χ2v) is 18.5. The van der Waals surface area contributed by atoms with Gasteiger partial charge < -0.3 is 15.5 Å². The van der Waals surface area contributed by atoms with Crippen LogP contribution in [0.2, 0.25) is 0 Å². The number of anilines is 2. The standard InChI is InChI=1S/C40H51FN8O6S2/c1-5-49(6-2)16-9-17-56(52,53)46-39(50)44-37-34(20-32(41)21-35(37)31-11-8-15-42-23-31)26(3)18-29-13-14-30-19-28-10-7-12-33(28)38(36(29)30)45-40(51)47-57(54,55)25-27-22-43-48(4)24-27/h8,11,15,19-24,26,29H,5-7,9-10,12-14,16-18,25H2,1-4H3,(H2,44,46,50)(H2,45,47,51). The second kappa shape index (κ2) is 17.7. The number of carbonyl (C=O) groups is 2. The maximum absolute atomic E-state index is 15.6. The van der Waals surface area contributed by atoms with Gasteiger partial charge in [-0.2, -0.15) is 5.10 Å². The number of nitrogens with zero attached hydrogens (tertiary/aromatic N) is 4. The summed E-state index contributed by atoms with van der Waals surface area (Å²) < 4.78 is 73.2. The molecule has 0 saturated heterocycles. The number of amides is 4. The monoisotopic (exact) mass is 822 g/mol. The number of hydrogen-bond donors (Lipinski definition) is 4. The molecule has 0 spiro atoms. The number of halogens is 1. The van der Waals surface area contributed by atoms with Gasteiger partial charge in [0.2, 0.25) is 20.0 Å². The Balaban J connectivity index is 1.27. The first-order chi connectivity index (χ1) is 27.1. The highest BCUT2D eigenvalue weighted by Crippen LogP contribution is 2.48. The van der Waals surface area contributed by atoms with Gasteiger partial charge in [0.15, 0.2) is 0 Å². The van der Waals surface area contributed by atoms with E-state index in [-0.39, 0.29) is 23.3 Å². The molecule has 0 bridgehead atoms. The van der Waals surface area contributed by atoms with Gasteiger partial charge in [-0.25, -0.2) is 40.3 Å². The Morgan fingerprint density at radius 1 is 0.965 bits per heavy atom. The van der Waals surface area contributed by atoms with E-state index in [9.17, 15) is 26.4 Å². The van der Waals surface area contributed by atoms with Crippen LogP contribution in [0.15, 0.2) is 55.1 Å². The third kappa shape index (κ3) is 10.4. The first-order valence-corrected chi connectivity index (χ1v) is 22.7. The molecule has 2 unspecified atom stereocenters. The van der Waals surface area contributed by atoms with Crippen molar-refractivity contribution in [3.05, 3.63) is 94.3 Å². The van der Waals surface area contributed by atoms with Crippen LogP contribution in [0.5, 0.6) is 0 Å². The summed E-state index contributed by atoms with van der Waals surface area (Å²) in [5.74, 6) is -1.68. The highest BCUT2D eigenvalue weighted by atomic mass is 32.2. The molecule has 14 nitrogen and oxygen atoms in total. The minimum Gasteiger partial charge on any atom is -0.307 e. The fourth-order valence-corrected chi connectivity index (χ4v) is 10.2. The number of pyridine rings is 1. The number of benzene rings is 2. The van der Waals surface area contributed by atoms with Crippen molar-refractivity contribution in [3.63, 3.8) is 0 Å². The van der Waals surface area contributed by atoms with Gasteiger partial charge in [0, 0.05) is 48.0 Å². The number of rotatable bonds is 16. The van der Waals surface area contributed by atoms with E-state index in [4.69, 9.17) is 0 Å². The number of hydrogen-bond acceptors (Lipinski definition) is 9. The number of sulfonamides is 2. The van der Waals surface area contributed by atoms with Gasteiger partial charge in [0.1, 0.15) is 5.82 Å². The van der Waals surface area contributed by atoms with Crippen LogP contribution in [0.1, 0.15) is 91.7 Å². The second-order valence-electron chi connectivity index (χ2n) is 14.9. The molecular formula is C40H51FN8O6S2. The molecule has 4 N–H and O–H groups in total. The molecule has 57 heavy (non-hydrogen) atoms. The van der Waals surface area contributed by atoms with E-state index in [1.54, 1.807) is 37.8 Å². The lowest BCUT2D eigenvalue weighted by molar-refractivity contribution is 0.255. The van der Waals surface area contributed by atoms with Crippen LogP contribution < -0.4 is 20.1 Å². The number of aryl methyl sites for hydroxylation is 3. The smallest absolute Gasteiger partial charge is 0.307 e. The van der Waals surface area contributed by atoms with Crippen LogP contribution in [-0.2, 0) is 52.1 Å². The van der Waals surface area contributed by atoms with Gasteiger partial charge in [-0.1, -0.05) is 32.9 Å². The van der Waals surface area contributed by atoms with Crippen LogP contribution in [-0.4, -0.2) is 73.9 Å². The Kier molecular flexibility index (Phi) is 13.0. The van der Waals surface area contributed by atoms with Crippen LogP contribution in [0.25, 0.3) is 11.1 Å². The molecule has 6 rings (SSSR count). The minimum atomic E-state index is -4.04. The van der Waals surface area contributed by atoms with Gasteiger partial charge in [-0.3, -0.25) is 9.67 Å². The molecule has 2 heterocycles. The minimum absolute atomic E-state index is 0.110. The number of urea groups is 2. The lowest BCUT2D eigenvalue weighted by Gasteiger charge is -2.25. The van der Waals surface area contributed by atoms with Crippen LogP contribution >= 0.6 is 0 Å². The van der Waals surface area contributed by atoms with Crippen LogP contribution in [0, 0.1) is 5.82 Å². The van der Waals surface area contributed by atoms with E-state index < -0.39 is 43.7 Å². The fourth-order valence-electron chi connectivity index (χ4n) is 8.24. The number of fused-ring (bicyclic) bond motifs is 2. The predicted octanol–water partition coefficient (Wildman–Crippen LogP) is 6.17. The Labute approximate surface area is 334 Å². The maximum Gasteiger partial charge on any atom is 0.332 e. The third-order valence-electron chi connectivity index (χ3n) is 10.8. The summed E-state index contributed by atoms with van der Waals surface area (Å²) >= 11 is 0.